The minimum absolute atomic E-state index is 0.632. The van der Waals surface area contributed by atoms with Crippen LogP contribution in [-0.2, 0) is 0 Å². The van der Waals surface area contributed by atoms with Crippen molar-refractivity contribution < 1.29 is 9.47 Å². The summed E-state index contributed by atoms with van der Waals surface area (Å²) in [6.07, 6.45) is 0. The molecule has 0 unspecified atom stereocenters. The Morgan fingerprint density at radius 1 is 0.955 bits per heavy atom. The van der Waals surface area contributed by atoms with Crippen molar-refractivity contribution in [2.24, 2.45) is 0 Å². The zero-order valence-corrected chi connectivity index (χ0v) is 13.5. The Labute approximate surface area is 132 Å². The van der Waals surface area contributed by atoms with Gasteiger partial charge in [0.05, 0.1) is 0 Å². The zero-order valence-electron chi connectivity index (χ0n) is 13.5. The Morgan fingerprint density at radius 3 is 2.27 bits per heavy atom. The van der Waals surface area contributed by atoms with Gasteiger partial charge in [-0.05, 0) is 57.4 Å². The van der Waals surface area contributed by atoms with Crippen molar-refractivity contribution >= 4 is 5.69 Å². The lowest BCUT2D eigenvalue weighted by Gasteiger charge is -2.14. The molecule has 0 saturated carbocycles. The van der Waals surface area contributed by atoms with Crippen LogP contribution in [0.3, 0.4) is 0 Å². The van der Waals surface area contributed by atoms with Crippen molar-refractivity contribution in [1.29, 1.82) is 0 Å². The Kier molecular flexibility index (Phi) is 6.10. The molecule has 0 amide bonds. The first kappa shape index (κ1) is 16.2. The molecule has 0 spiro atoms. The molecule has 2 rings (SSSR count). The summed E-state index contributed by atoms with van der Waals surface area (Å²) in [5.41, 5.74) is 1.09. The highest BCUT2D eigenvalue weighted by molar-refractivity contribution is 5.48. The maximum atomic E-state index is 5.93. The van der Waals surface area contributed by atoms with Crippen molar-refractivity contribution in [3.63, 3.8) is 0 Å². The molecule has 4 nitrogen and oxygen atoms in total. The van der Waals surface area contributed by atoms with Gasteiger partial charge in [-0.1, -0.05) is 12.1 Å². The first-order valence-corrected chi connectivity index (χ1v) is 7.57. The quantitative estimate of drug-likeness (QED) is 0.803. The average molecular weight is 300 g/mol. The monoisotopic (exact) mass is 300 g/mol. The number of hydrogen-bond acceptors (Lipinski definition) is 4. The summed E-state index contributed by atoms with van der Waals surface area (Å²) in [4.78, 5) is 2.09. The van der Waals surface area contributed by atoms with Crippen molar-refractivity contribution in [2.75, 3.05) is 39.1 Å². The Morgan fingerprint density at radius 2 is 1.64 bits per heavy atom. The number of ether oxygens (including phenoxy) is 2. The van der Waals surface area contributed by atoms with E-state index in [4.69, 9.17) is 9.47 Å². The summed E-state index contributed by atoms with van der Waals surface area (Å²) in [5.74, 6) is 2.29. The van der Waals surface area contributed by atoms with Gasteiger partial charge in [0.25, 0.3) is 0 Å². The fourth-order valence-corrected chi connectivity index (χ4v) is 1.96. The molecule has 2 aromatic carbocycles. The van der Waals surface area contributed by atoms with Crippen LogP contribution in [0.2, 0.25) is 0 Å². The van der Waals surface area contributed by atoms with Gasteiger partial charge >= 0.3 is 0 Å². The van der Waals surface area contributed by atoms with Gasteiger partial charge in [-0.15, -0.1) is 0 Å². The minimum Gasteiger partial charge on any atom is -0.488 e. The second-order valence-corrected chi connectivity index (χ2v) is 5.26. The van der Waals surface area contributed by atoms with E-state index in [1.165, 1.54) is 0 Å². The Balaban J connectivity index is 2.02. The molecule has 0 heterocycles. The number of nitrogens with one attached hydrogen (secondary N) is 1. The average Bonchev–Trinajstić information content (AvgIpc) is 2.51. The van der Waals surface area contributed by atoms with Gasteiger partial charge in [-0.3, -0.25) is 0 Å². The summed E-state index contributed by atoms with van der Waals surface area (Å²) >= 11 is 0. The molecule has 0 aliphatic heterocycles. The SMILES string of the molecule is CCNc1ccc(Oc2ccccc2OCCN(C)C)cc1. The van der Waals surface area contributed by atoms with Gasteiger partial charge in [-0.25, -0.2) is 0 Å². The standard InChI is InChI=1S/C18H24N2O2/c1-4-19-15-9-11-16(12-10-15)22-18-8-6-5-7-17(18)21-14-13-20(2)3/h5-12,19H,4,13-14H2,1-3H3. The van der Waals surface area contributed by atoms with Crippen LogP contribution in [-0.4, -0.2) is 38.7 Å². The lowest BCUT2D eigenvalue weighted by atomic mass is 10.3. The predicted octanol–water partition coefficient (Wildman–Crippen LogP) is 3.85. The summed E-state index contributed by atoms with van der Waals surface area (Å²) in [7, 11) is 4.05. The van der Waals surface area contributed by atoms with Gasteiger partial charge in [0, 0.05) is 18.8 Å². The topological polar surface area (TPSA) is 33.7 Å². The highest BCUT2D eigenvalue weighted by atomic mass is 16.5. The van der Waals surface area contributed by atoms with Crippen LogP contribution < -0.4 is 14.8 Å². The third-order valence-electron chi connectivity index (χ3n) is 3.11. The molecule has 0 aliphatic carbocycles. The Bertz CT molecular complexity index is 568. The molecule has 0 saturated heterocycles. The minimum atomic E-state index is 0.632. The lowest BCUT2D eigenvalue weighted by molar-refractivity contribution is 0.254. The molecule has 0 atom stereocenters. The molecular formula is C18H24N2O2. The van der Waals surface area contributed by atoms with Gasteiger partial charge in [0.2, 0.25) is 0 Å². The predicted molar refractivity (Wildman–Crippen MR) is 91.2 cm³/mol. The van der Waals surface area contributed by atoms with Crippen molar-refractivity contribution in [1.82, 2.24) is 4.90 Å². The largest absolute Gasteiger partial charge is 0.488 e. The highest BCUT2D eigenvalue weighted by Gasteiger charge is 2.06. The molecule has 1 N–H and O–H groups in total. The lowest BCUT2D eigenvalue weighted by Crippen LogP contribution is -2.19. The fourth-order valence-electron chi connectivity index (χ4n) is 1.96. The summed E-state index contributed by atoms with van der Waals surface area (Å²) in [6.45, 7) is 4.48. The molecule has 0 radical (unpaired) electrons. The number of hydrogen-bond donors (Lipinski definition) is 1. The first-order chi connectivity index (χ1) is 10.7. The van der Waals surface area contributed by atoms with E-state index >= 15 is 0 Å². The third-order valence-corrected chi connectivity index (χ3v) is 3.11. The van der Waals surface area contributed by atoms with Crippen LogP contribution >= 0.6 is 0 Å². The normalized spacial score (nSPS) is 10.5. The molecule has 0 bridgehead atoms. The number of para-hydroxylation sites is 2. The van der Waals surface area contributed by atoms with Crippen LogP contribution in [0, 0.1) is 0 Å². The molecule has 22 heavy (non-hydrogen) atoms. The van der Waals surface area contributed by atoms with E-state index in [-0.39, 0.29) is 0 Å². The molecule has 4 heteroatoms. The number of nitrogens with zero attached hydrogens (tertiary/aromatic N) is 1. The second-order valence-electron chi connectivity index (χ2n) is 5.26. The second kappa shape index (κ2) is 8.29. The molecule has 0 fully saturated rings. The highest BCUT2D eigenvalue weighted by Crippen LogP contribution is 2.31. The number of anilines is 1. The van der Waals surface area contributed by atoms with E-state index in [1.54, 1.807) is 0 Å². The van der Waals surface area contributed by atoms with E-state index in [0.717, 1.165) is 36.0 Å². The summed E-state index contributed by atoms with van der Waals surface area (Å²) < 4.78 is 11.7. The molecule has 0 aliphatic rings. The maximum absolute atomic E-state index is 5.93. The Hall–Kier alpha value is -2.20. The smallest absolute Gasteiger partial charge is 0.169 e. The van der Waals surface area contributed by atoms with Crippen LogP contribution in [0.25, 0.3) is 0 Å². The van der Waals surface area contributed by atoms with E-state index in [1.807, 2.05) is 62.6 Å². The van der Waals surface area contributed by atoms with E-state index in [0.29, 0.717) is 6.61 Å². The van der Waals surface area contributed by atoms with Crippen molar-refractivity contribution in [3.05, 3.63) is 48.5 Å². The van der Waals surface area contributed by atoms with Crippen LogP contribution in [0.4, 0.5) is 5.69 Å². The van der Waals surface area contributed by atoms with Gasteiger partial charge < -0.3 is 19.7 Å². The van der Waals surface area contributed by atoms with E-state index in [2.05, 4.69) is 17.1 Å². The summed E-state index contributed by atoms with van der Waals surface area (Å²) in [5, 5.41) is 3.26. The third kappa shape index (κ3) is 4.97. The van der Waals surface area contributed by atoms with Gasteiger partial charge in [-0.2, -0.15) is 0 Å². The number of rotatable bonds is 8. The van der Waals surface area contributed by atoms with Crippen LogP contribution in [0.1, 0.15) is 6.92 Å². The number of likely N-dealkylation sites (N-methyl/N-ethyl adjacent to an activating group) is 1. The molecule has 2 aromatic rings. The summed E-state index contributed by atoms with van der Waals surface area (Å²) in [6, 6.07) is 15.7. The molecule has 0 aromatic heterocycles. The zero-order chi connectivity index (χ0) is 15.8. The molecule has 118 valence electrons. The van der Waals surface area contributed by atoms with E-state index in [9.17, 15) is 0 Å². The van der Waals surface area contributed by atoms with Gasteiger partial charge in [0.15, 0.2) is 11.5 Å². The van der Waals surface area contributed by atoms with Crippen LogP contribution in [0.15, 0.2) is 48.5 Å². The fraction of sp³-hybridized carbons (Fsp3) is 0.333. The van der Waals surface area contributed by atoms with Crippen molar-refractivity contribution in [3.8, 4) is 17.2 Å². The van der Waals surface area contributed by atoms with Gasteiger partial charge in [0.1, 0.15) is 12.4 Å². The van der Waals surface area contributed by atoms with E-state index < -0.39 is 0 Å². The van der Waals surface area contributed by atoms with Crippen LogP contribution in [0.5, 0.6) is 17.2 Å². The maximum Gasteiger partial charge on any atom is 0.169 e. The molecular weight excluding hydrogens is 276 g/mol. The van der Waals surface area contributed by atoms with Crippen molar-refractivity contribution in [2.45, 2.75) is 6.92 Å². The number of benzene rings is 2. The first-order valence-electron chi connectivity index (χ1n) is 7.57.